The van der Waals surface area contributed by atoms with Crippen LogP contribution in [0.4, 0.5) is 5.69 Å². The molecule has 1 saturated heterocycles. The zero-order valence-electron chi connectivity index (χ0n) is 14.2. The van der Waals surface area contributed by atoms with Gasteiger partial charge in [-0.05, 0) is 30.7 Å². The molecule has 1 aromatic heterocycles. The average Bonchev–Trinajstić information content (AvgIpc) is 3.13. The Balaban J connectivity index is 1.52. The van der Waals surface area contributed by atoms with Gasteiger partial charge in [-0.2, -0.15) is 0 Å². The van der Waals surface area contributed by atoms with E-state index in [-0.39, 0.29) is 12.0 Å². The minimum absolute atomic E-state index is 0.0585. The number of likely N-dealkylation sites (N-methyl/N-ethyl adjacent to an activating group) is 1. The van der Waals surface area contributed by atoms with Crippen molar-refractivity contribution in [2.24, 2.45) is 0 Å². The summed E-state index contributed by atoms with van der Waals surface area (Å²) in [6.07, 6.45) is 3.52. The van der Waals surface area contributed by atoms with Crippen molar-refractivity contribution >= 4 is 34.7 Å². The molecular weight excluding hydrogens is 356 g/mol. The smallest absolute Gasteiger partial charge is 0.231 e. The maximum Gasteiger partial charge on any atom is 0.231 e. The summed E-state index contributed by atoms with van der Waals surface area (Å²) in [5.41, 5.74) is 1.21. The third-order valence-corrected chi connectivity index (χ3v) is 7.07. The molecule has 0 radical (unpaired) electrons. The highest BCUT2D eigenvalue weighted by atomic mass is 32.2. The lowest BCUT2D eigenvalue weighted by molar-refractivity contribution is -0.117. The molecule has 3 heterocycles. The van der Waals surface area contributed by atoms with Crippen LogP contribution in [0.3, 0.4) is 0 Å². The van der Waals surface area contributed by atoms with Crippen LogP contribution < -0.4 is 4.90 Å². The van der Waals surface area contributed by atoms with Gasteiger partial charge in [-0.15, -0.1) is 11.3 Å². The van der Waals surface area contributed by atoms with Crippen LogP contribution in [0.2, 0.25) is 0 Å². The molecule has 7 heteroatoms. The van der Waals surface area contributed by atoms with Crippen molar-refractivity contribution in [2.45, 2.75) is 47.1 Å². The largest absolute Gasteiger partial charge is 0.384 e. The van der Waals surface area contributed by atoms with E-state index in [1.807, 2.05) is 26.1 Å². The molecule has 1 fully saturated rings. The highest BCUT2D eigenvalue weighted by Crippen LogP contribution is 2.41. The lowest BCUT2D eigenvalue weighted by Crippen LogP contribution is -2.36. The van der Waals surface area contributed by atoms with Crippen molar-refractivity contribution in [3.05, 3.63) is 34.8 Å². The molecule has 1 aromatic carbocycles. The molecule has 0 spiro atoms. The molecule has 4 rings (SSSR count). The summed E-state index contributed by atoms with van der Waals surface area (Å²) in [6.45, 7) is 2.56. The molecule has 2 aliphatic heterocycles. The molecular formula is C18H20N2O3S2. The summed E-state index contributed by atoms with van der Waals surface area (Å²) in [4.78, 5) is 20.0. The minimum Gasteiger partial charge on any atom is -0.384 e. The summed E-state index contributed by atoms with van der Waals surface area (Å²) in [7, 11) is 1.81. The Bertz CT molecular complexity index is 822. The SMILES string of the molecule is CC1CC(O)(c2cnc(Sc3ccc4c(c3)CC(=O)N4C)s2)CCO1. The van der Waals surface area contributed by atoms with Gasteiger partial charge in [0.1, 0.15) is 5.60 Å². The lowest BCUT2D eigenvalue weighted by Gasteiger charge is -2.34. The molecule has 0 saturated carbocycles. The Labute approximate surface area is 155 Å². The average molecular weight is 377 g/mol. The van der Waals surface area contributed by atoms with Gasteiger partial charge in [0.25, 0.3) is 0 Å². The van der Waals surface area contributed by atoms with Crippen molar-refractivity contribution in [2.75, 3.05) is 18.6 Å². The predicted molar refractivity (Wildman–Crippen MR) is 98.3 cm³/mol. The molecule has 25 heavy (non-hydrogen) atoms. The first-order chi connectivity index (χ1) is 11.9. The van der Waals surface area contributed by atoms with Crippen LogP contribution >= 0.6 is 23.1 Å². The van der Waals surface area contributed by atoms with Gasteiger partial charge < -0.3 is 14.7 Å². The number of rotatable bonds is 3. The molecule has 1 amide bonds. The molecule has 0 aliphatic carbocycles. The standard InChI is InChI=1S/C18H20N2O3S2/c1-11-9-18(22,5-6-23-11)15-10-19-17(25-15)24-13-3-4-14-12(7-13)8-16(21)20(14)2/h3-4,7,10-11,22H,5-6,8-9H2,1-2H3. The predicted octanol–water partition coefficient (Wildman–Crippen LogP) is 3.20. The molecule has 2 unspecified atom stereocenters. The van der Waals surface area contributed by atoms with Crippen LogP contribution in [-0.2, 0) is 21.6 Å². The molecule has 2 atom stereocenters. The second-order valence-electron chi connectivity index (χ2n) is 6.68. The molecule has 5 nitrogen and oxygen atoms in total. The van der Waals surface area contributed by atoms with Crippen LogP contribution in [-0.4, -0.2) is 35.8 Å². The van der Waals surface area contributed by atoms with Crippen LogP contribution in [0.1, 0.15) is 30.2 Å². The number of carbonyl (C=O) groups excluding carboxylic acids is 1. The molecule has 132 valence electrons. The number of thiazole rings is 1. The fraction of sp³-hybridized carbons (Fsp3) is 0.444. The normalized spacial score (nSPS) is 26.1. The molecule has 0 bridgehead atoms. The Morgan fingerprint density at radius 3 is 3.12 bits per heavy atom. The maximum atomic E-state index is 11.8. The van der Waals surface area contributed by atoms with E-state index in [0.29, 0.717) is 25.9 Å². The van der Waals surface area contributed by atoms with E-state index in [0.717, 1.165) is 25.4 Å². The third kappa shape index (κ3) is 3.21. The van der Waals surface area contributed by atoms with Crippen LogP contribution in [0, 0.1) is 0 Å². The number of ether oxygens (including phenoxy) is 1. The number of hydrogen-bond donors (Lipinski definition) is 1. The maximum absolute atomic E-state index is 11.8. The first-order valence-electron chi connectivity index (χ1n) is 8.32. The first kappa shape index (κ1) is 17.0. The number of aromatic nitrogens is 1. The van der Waals surface area contributed by atoms with E-state index >= 15 is 0 Å². The zero-order chi connectivity index (χ0) is 17.6. The quantitative estimate of drug-likeness (QED) is 0.891. The summed E-state index contributed by atoms with van der Waals surface area (Å²) in [5.74, 6) is 0.129. The van der Waals surface area contributed by atoms with Crippen molar-refractivity contribution in [1.82, 2.24) is 4.98 Å². The second kappa shape index (κ2) is 6.39. The fourth-order valence-electron chi connectivity index (χ4n) is 3.42. The van der Waals surface area contributed by atoms with Crippen LogP contribution in [0.5, 0.6) is 0 Å². The van der Waals surface area contributed by atoms with Gasteiger partial charge in [-0.1, -0.05) is 11.8 Å². The Hall–Kier alpha value is -1.41. The highest BCUT2D eigenvalue weighted by molar-refractivity contribution is 8.01. The Morgan fingerprint density at radius 2 is 2.32 bits per heavy atom. The minimum atomic E-state index is -0.832. The van der Waals surface area contributed by atoms with E-state index in [2.05, 4.69) is 11.1 Å². The zero-order valence-corrected chi connectivity index (χ0v) is 15.8. The number of nitrogens with zero attached hydrogens (tertiary/aromatic N) is 2. The topological polar surface area (TPSA) is 62.7 Å². The number of aliphatic hydroxyl groups is 1. The Morgan fingerprint density at radius 1 is 1.48 bits per heavy atom. The van der Waals surface area contributed by atoms with Gasteiger partial charge >= 0.3 is 0 Å². The van der Waals surface area contributed by atoms with Crippen LogP contribution in [0.25, 0.3) is 0 Å². The molecule has 2 aliphatic rings. The van der Waals surface area contributed by atoms with Crippen LogP contribution in [0.15, 0.2) is 33.6 Å². The summed E-state index contributed by atoms with van der Waals surface area (Å²) in [6, 6.07) is 6.07. The number of fused-ring (bicyclic) bond motifs is 1. The van der Waals surface area contributed by atoms with Gasteiger partial charge in [-0.25, -0.2) is 4.98 Å². The monoisotopic (exact) mass is 376 g/mol. The van der Waals surface area contributed by atoms with Gasteiger partial charge in [0.2, 0.25) is 5.91 Å². The lowest BCUT2D eigenvalue weighted by atomic mass is 9.90. The van der Waals surface area contributed by atoms with E-state index in [1.165, 1.54) is 11.3 Å². The third-order valence-electron chi connectivity index (χ3n) is 4.82. The van der Waals surface area contributed by atoms with Gasteiger partial charge in [0.05, 0.1) is 24.0 Å². The van der Waals surface area contributed by atoms with E-state index in [4.69, 9.17) is 4.74 Å². The second-order valence-corrected chi connectivity index (χ2v) is 9.03. The van der Waals surface area contributed by atoms with Gasteiger partial charge in [0, 0.05) is 36.7 Å². The van der Waals surface area contributed by atoms with E-state index < -0.39 is 5.60 Å². The number of hydrogen-bond acceptors (Lipinski definition) is 6. The Kier molecular flexibility index (Phi) is 4.35. The summed E-state index contributed by atoms with van der Waals surface area (Å²) >= 11 is 3.11. The van der Waals surface area contributed by atoms with Crippen molar-refractivity contribution < 1.29 is 14.6 Å². The van der Waals surface area contributed by atoms with Gasteiger partial charge in [-0.3, -0.25) is 4.79 Å². The van der Waals surface area contributed by atoms with Crippen molar-refractivity contribution in [3.8, 4) is 0 Å². The number of carbonyl (C=O) groups is 1. The number of anilines is 1. The van der Waals surface area contributed by atoms with E-state index in [1.54, 1.807) is 22.9 Å². The van der Waals surface area contributed by atoms with Crippen molar-refractivity contribution in [3.63, 3.8) is 0 Å². The summed E-state index contributed by atoms with van der Waals surface area (Å²) < 4.78 is 6.45. The number of benzene rings is 1. The van der Waals surface area contributed by atoms with Gasteiger partial charge in [0.15, 0.2) is 4.34 Å². The fourth-order valence-corrected chi connectivity index (χ4v) is 5.56. The number of amides is 1. The first-order valence-corrected chi connectivity index (χ1v) is 9.95. The van der Waals surface area contributed by atoms with Crippen molar-refractivity contribution in [1.29, 1.82) is 0 Å². The summed E-state index contributed by atoms with van der Waals surface area (Å²) in [5, 5.41) is 10.9. The van der Waals surface area contributed by atoms with E-state index in [9.17, 15) is 9.90 Å². The highest BCUT2D eigenvalue weighted by Gasteiger charge is 2.36. The molecule has 2 aromatic rings. The molecule has 1 N–H and O–H groups in total.